The molecule has 0 aliphatic carbocycles. The minimum Gasteiger partial charge on any atom is -0.391 e. The monoisotopic (exact) mass is 195 g/mol. The van der Waals surface area contributed by atoms with Gasteiger partial charge in [0.05, 0.1) is 9.88 Å². The second-order valence-electron chi connectivity index (χ2n) is 2.70. The minimum absolute atomic E-state index is 0.251. The fourth-order valence-electron chi connectivity index (χ4n) is 1.12. The molecule has 0 aromatic carbocycles. The lowest BCUT2D eigenvalue weighted by atomic mass is 10.3. The number of hydrogen-bond acceptors (Lipinski definition) is 5. The van der Waals surface area contributed by atoms with Crippen molar-refractivity contribution in [2.24, 2.45) is 0 Å². The standard InChI is InChI=1S/C7H9N5S/c1-3-2-4(8)13-5(3)6-10-7(9)12-11-6/h2H,8H2,1H3,(H3,9,10,11,12). The van der Waals surface area contributed by atoms with Gasteiger partial charge >= 0.3 is 0 Å². The topological polar surface area (TPSA) is 93.6 Å². The molecule has 0 saturated carbocycles. The average molecular weight is 195 g/mol. The highest BCUT2D eigenvalue weighted by Crippen LogP contribution is 2.31. The van der Waals surface area contributed by atoms with Gasteiger partial charge < -0.3 is 11.5 Å². The van der Waals surface area contributed by atoms with E-state index in [0.717, 1.165) is 15.4 Å². The average Bonchev–Trinajstić information content (AvgIpc) is 2.58. The molecule has 0 amide bonds. The van der Waals surface area contributed by atoms with Crippen molar-refractivity contribution in [3.63, 3.8) is 0 Å². The van der Waals surface area contributed by atoms with E-state index in [0.29, 0.717) is 5.82 Å². The van der Waals surface area contributed by atoms with Crippen LogP contribution in [0.3, 0.4) is 0 Å². The fourth-order valence-corrected chi connectivity index (χ4v) is 2.00. The zero-order valence-electron chi connectivity index (χ0n) is 7.03. The number of H-pyrrole nitrogens is 1. The number of nitrogens with two attached hydrogens (primary N) is 2. The van der Waals surface area contributed by atoms with Crippen molar-refractivity contribution in [1.82, 2.24) is 15.2 Å². The first-order valence-electron chi connectivity index (χ1n) is 3.71. The molecule has 0 aliphatic rings. The van der Waals surface area contributed by atoms with Gasteiger partial charge in [0.15, 0.2) is 5.82 Å². The van der Waals surface area contributed by atoms with Crippen LogP contribution in [0.25, 0.3) is 10.7 Å². The number of nitrogens with zero attached hydrogens (tertiary/aromatic N) is 2. The molecule has 0 atom stereocenters. The zero-order valence-corrected chi connectivity index (χ0v) is 7.85. The second-order valence-corrected chi connectivity index (χ2v) is 3.79. The third kappa shape index (κ3) is 1.35. The van der Waals surface area contributed by atoms with E-state index >= 15 is 0 Å². The molecule has 0 bridgehead atoms. The molecule has 13 heavy (non-hydrogen) atoms. The number of aromatic amines is 1. The highest BCUT2D eigenvalue weighted by molar-refractivity contribution is 7.19. The summed E-state index contributed by atoms with van der Waals surface area (Å²) in [6.45, 7) is 1.97. The number of thiophene rings is 1. The fraction of sp³-hybridized carbons (Fsp3) is 0.143. The Bertz CT molecular complexity index is 430. The van der Waals surface area contributed by atoms with E-state index in [9.17, 15) is 0 Å². The predicted molar refractivity (Wildman–Crippen MR) is 53.3 cm³/mol. The summed E-state index contributed by atoms with van der Waals surface area (Å²) in [4.78, 5) is 5.01. The van der Waals surface area contributed by atoms with Crippen LogP contribution in [0.2, 0.25) is 0 Å². The summed E-state index contributed by atoms with van der Waals surface area (Å²) < 4.78 is 0. The van der Waals surface area contributed by atoms with Gasteiger partial charge in [-0.1, -0.05) is 0 Å². The molecule has 0 spiro atoms. The molecule has 0 radical (unpaired) electrons. The largest absolute Gasteiger partial charge is 0.391 e. The Kier molecular flexibility index (Phi) is 1.70. The summed E-state index contributed by atoms with van der Waals surface area (Å²) in [5, 5.41) is 7.26. The van der Waals surface area contributed by atoms with Gasteiger partial charge in [-0.15, -0.1) is 16.4 Å². The first-order valence-corrected chi connectivity index (χ1v) is 4.52. The van der Waals surface area contributed by atoms with E-state index in [1.165, 1.54) is 11.3 Å². The first-order chi connectivity index (χ1) is 6.16. The number of aryl methyl sites for hydroxylation is 1. The highest BCUT2D eigenvalue weighted by Gasteiger charge is 2.09. The summed E-state index contributed by atoms with van der Waals surface area (Å²) in [5.41, 5.74) is 12.1. The molecule has 0 aliphatic heterocycles. The van der Waals surface area contributed by atoms with Crippen molar-refractivity contribution < 1.29 is 0 Å². The Labute approximate surface area is 78.8 Å². The molecule has 68 valence electrons. The van der Waals surface area contributed by atoms with E-state index < -0.39 is 0 Å². The second kappa shape index (κ2) is 2.74. The van der Waals surface area contributed by atoms with E-state index in [-0.39, 0.29) is 5.95 Å². The van der Waals surface area contributed by atoms with Crippen LogP contribution in [0.15, 0.2) is 6.07 Å². The lowest BCUT2D eigenvalue weighted by molar-refractivity contribution is 1.10. The van der Waals surface area contributed by atoms with Crippen LogP contribution in [0.5, 0.6) is 0 Å². The summed E-state index contributed by atoms with van der Waals surface area (Å²) in [6.07, 6.45) is 0. The molecule has 2 rings (SSSR count). The maximum absolute atomic E-state index is 5.65. The highest BCUT2D eigenvalue weighted by atomic mass is 32.1. The van der Waals surface area contributed by atoms with Crippen LogP contribution < -0.4 is 11.5 Å². The summed E-state index contributed by atoms with van der Waals surface area (Å²) >= 11 is 1.47. The molecular weight excluding hydrogens is 186 g/mol. The Morgan fingerprint density at radius 2 is 2.23 bits per heavy atom. The zero-order chi connectivity index (χ0) is 9.42. The van der Waals surface area contributed by atoms with Crippen molar-refractivity contribution in [3.8, 4) is 10.7 Å². The number of aromatic nitrogens is 3. The van der Waals surface area contributed by atoms with Crippen molar-refractivity contribution in [2.75, 3.05) is 11.5 Å². The first kappa shape index (κ1) is 8.06. The number of anilines is 2. The molecule has 2 aromatic rings. The molecule has 0 fully saturated rings. The Morgan fingerprint density at radius 1 is 1.46 bits per heavy atom. The molecule has 5 nitrogen and oxygen atoms in total. The molecular formula is C7H9N5S. The van der Waals surface area contributed by atoms with Gasteiger partial charge in [-0.3, -0.25) is 5.10 Å². The van der Waals surface area contributed by atoms with Gasteiger partial charge in [-0.05, 0) is 18.6 Å². The van der Waals surface area contributed by atoms with E-state index in [1.54, 1.807) is 0 Å². The number of nitrogen functional groups attached to an aromatic ring is 2. The van der Waals surface area contributed by atoms with Crippen LogP contribution >= 0.6 is 11.3 Å². The van der Waals surface area contributed by atoms with E-state index in [4.69, 9.17) is 11.5 Å². The number of hydrogen-bond donors (Lipinski definition) is 3. The van der Waals surface area contributed by atoms with Crippen molar-refractivity contribution in [2.45, 2.75) is 6.92 Å². The van der Waals surface area contributed by atoms with Crippen LogP contribution in [0.4, 0.5) is 10.9 Å². The van der Waals surface area contributed by atoms with Gasteiger partial charge in [-0.2, -0.15) is 4.98 Å². The molecule has 0 saturated heterocycles. The third-order valence-electron chi connectivity index (χ3n) is 1.65. The lowest BCUT2D eigenvalue weighted by Crippen LogP contribution is -1.85. The summed E-state index contributed by atoms with van der Waals surface area (Å²) in [6, 6.07) is 1.90. The molecule has 5 N–H and O–H groups in total. The summed E-state index contributed by atoms with van der Waals surface area (Å²) in [5.74, 6) is 0.929. The quantitative estimate of drug-likeness (QED) is 0.633. The Balaban J connectivity index is 2.51. The van der Waals surface area contributed by atoms with Gasteiger partial charge in [0.2, 0.25) is 5.95 Å². The van der Waals surface area contributed by atoms with Gasteiger partial charge in [-0.25, -0.2) is 0 Å². The smallest absolute Gasteiger partial charge is 0.239 e. The van der Waals surface area contributed by atoms with Crippen molar-refractivity contribution in [3.05, 3.63) is 11.6 Å². The maximum Gasteiger partial charge on any atom is 0.239 e. The van der Waals surface area contributed by atoms with Gasteiger partial charge in [0.25, 0.3) is 0 Å². The lowest BCUT2D eigenvalue weighted by Gasteiger charge is -1.90. The van der Waals surface area contributed by atoms with Gasteiger partial charge in [0.1, 0.15) is 0 Å². The minimum atomic E-state index is 0.251. The molecule has 6 heteroatoms. The summed E-state index contributed by atoms with van der Waals surface area (Å²) in [7, 11) is 0. The van der Waals surface area contributed by atoms with E-state index in [1.807, 2.05) is 13.0 Å². The number of nitrogens with one attached hydrogen (secondary N) is 1. The van der Waals surface area contributed by atoms with Crippen molar-refractivity contribution >= 4 is 22.3 Å². The SMILES string of the molecule is Cc1cc(N)sc1-c1nc(N)n[nH]1. The Hall–Kier alpha value is -1.56. The van der Waals surface area contributed by atoms with Crippen LogP contribution in [-0.4, -0.2) is 15.2 Å². The Morgan fingerprint density at radius 3 is 2.69 bits per heavy atom. The van der Waals surface area contributed by atoms with E-state index in [2.05, 4.69) is 15.2 Å². The molecule has 0 unspecified atom stereocenters. The van der Waals surface area contributed by atoms with Crippen LogP contribution in [0, 0.1) is 6.92 Å². The normalized spacial score (nSPS) is 10.5. The van der Waals surface area contributed by atoms with Gasteiger partial charge in [0, 0.05) is 0 Å². The van der Waals surface area contributed by atoms with Crippen LogP contribution in [-0.2, 0) is 0 Å². The number of rotatable bonds is 1. The molecule has 2 aromatic heterocycles. The van der Waals surface area contributed by atoms with Crippen molar-refractivity contribution in [1.29, 1.82) is 0 Å². The van der Waals surface area contributed by atoms with Crippen LogP contribution in [0.1, 0.15) is 5.56 Å². The predicted octanol–water partition coefficient (Wildman–Crippen LogP) is 1.01. The third-order valence-corrected chi connectivity index (χ3v) is 2.73. The molecule has 2 heterocycles. The maximum atomic E-state index is 5.65.